The maximum absolute atomic E-state index is 12.0. The molecule has 8 heteroatoms. The third kappa shape index (κ3) is 6.83. The molecule has 0 aliphatic carbocycles. The number of methoxy groups -OCH3 is 1. The minimum absolute atomic E-state index is 0.0662. The normalized spacial score (nSPS) is 11.6. The zero-order valence-electron chi connectivity index (χ0n) is 16.2. The van der Waals surface area contributed by atoms with Crippen molar-refractivity contribution in [1.29, 1.82) is 0 Å². The van der Waals surface area contributed by atoms with Crippen LogP contribution in [0.3, 0.4) is 0 Å². The summed E-state index contributed by atoms with van der Waals surface area (Å²) < 4.78 is 5.65. The molecule has 6 nitrogen and oxygen atoms in total. The van der Waals surface area contributed by atoms with Crippen LogP contribution in [-0.2, 0) is 25.8 Å². The highest BCUT2D eigenvalue weighted by atomic mass is 79.9. The number of rotatable bonds is 8. The number of benzene rings is 2. The second-order valence-electron chi connectivity index (χ2n) is 5.78. The van der Waals surface area contributed by atoms with Crippen molar-refractivity contribution in [3.63, 3.8) is 0 Å². The molecule has 0 amide bonds. The van der Waals surface area contributed by atoms with Gasteiger partial charge in [0.2, 0.25) is 0 Å². The third-order valence-corrected chi connectivity index (χ3v) is 4.32. The fourth-order valence-corrected chi connectivity index (χ4v) is 2.99. The molecule has 0 aromatic heterocycles. The molecule has 2 aromatic rings. The molecule has 0 fully saturated rings. The van der Waals surface area contributed by atoms with Crippen LogP contribution in [0.5, 0.6) is 0 Å². The van der Waals surface area contributed by atoms with E-state index in [0.29, 0.717) is 5.56 Å². The predicted octanol–water partition coefficient (Wildman–Crippen LogP) is 5.24. The lowest BCUT2D eigenvalue weighted by molar-refractivity contribution is -0.132. The van der Waals surface area contributed by atoms with Gasteiger partial charge in [0, 0.05) is 11.1 Å². The van der Waals surface area contributed by atoms with Gasteiger partial charge in [-0.2, -0.15) is 0 Å². The van der Waals surface area contributed by atoms with Crippen LogP contribution in [0.15, 0.2) is 62.2 Å². The predicted molar refractivity (Wildman–Crippen MR) is 121 cm³/mol. The molecule has 152 valence electrons. The number of halogens is 2. The molecule has 0 radical (unpaired) electrons. The van der Waals surface area contributed by atoms with Gasteiger partial charge in [0.25, 0.3) is 0 Å². The third-order valence-electron chi connectivity index (χ3n) is 3.86. The molecule has 29 heavy (non-hydrogen) atoms. The van der Waals surface area contributed by atoms with E-state index in [9.17, 15) is 4.79 Å². The molecule has 0 aliphatic heterocycles. The molecule has 0 atom stereocenters. The Morgan fingerprint density at radius 3 is 2.34 bits per heavy atom. The van der Waals surface area contributed by atoms with E-state index in [1.165, 1.54) is 14.2 Å². The van der Waals surface area contributed by atoms with Gasteiger partial charge in [0.05, 0.1) is 16.2 Å². The Morgan fingerprint density at radius 1 is 1.03 bits per heavy atom. The van der Waals surface area contributed by atoms with E-state index in [1.807, 2.05) is 49.4 Å². The lowest BCUT2D eigenvalue weighted by Gasteiger charge is -2.10. The molecule has 0 bridgehead atoms. The molecule has 0 aliphatic rings. The SMILES string of the molecule is CO/N=C(/C(=O)OC)c1ccccc1CON=C(C)c1ccc(C=C(Br)Br)cc1. The van der Waals surface area contributed by atoms with E-state index < -0.39 is 5.97 Å². The molecule has 0 saturated carbocycles. The van der Waals surface area contributed by atoms with Gasteiger partial charge in [0.15, 0.2) is 5.71 Å². The number of esters is 1. The summed E-state index contributed by atoms with van der Waals surface area (Å²) in [5.74, 6) is -0.594. The van der Waals surface area contributed by atoms with Crippen LogP contribution in [0.2, 0.25) is 0 Å². The van der Waals surface area contributed by atoms with Crippen molar-refractivity contribution in [1.82, 2.24) is 0 Å². The largest absolute Gasteiger partial charge is 0.464 e. The van der Waals surface area contributed by atoms with E-state index >= 15 is 0 Å². The Morgan fingerprint density at radius 2 is 1.72 bits per heavy atom. The highest BCUT2D eigenvalue weighted by molar-refractivity contribution is 9.28. The molecule has 2 aromatic carbocycles. The molecule has 0 spiro atoms. The summed E-state index contributed by atoms with van der Waals surface area (Å²) in [5.41, 5.74) is 4.08. The van der Waals surface area contributed by atoms with Gasteiger partial charge in [0.1, 0.15) is 13.7 Å². The van der Waals surface area contributed by atoms with Crippen molar-refractivity contribution in [3.8, 4) is 0 Å². The number of ether oxygens (including phenoxy) is 1. The number of carbonyl (C=O) groups excluding carboxylic acids is 1. The maximum atomic E-state index is 12.0. The summed E-state index contributed by atoms with van der Waals surface area (Å²) in [6.45, 7) is 2.02. The Hall–Kier alpha value is -2.45. The quantitative estimate of drug-likeness (QED) is 0.269. The van der Waals surface area contributed by atoms with Gasteiger partial charge in [-0.25, -0.2) is 4.79 Å². The summed E-state index contributed by atoms with van der Waals surface area (Å²) in [6.07, 6.45) is 1.95. The van der Waals surface area contributed by atoms with Crippen LogP contribution in [0, 0.1) is 0 Å². The summed E-state index contributed by atoms with van der Waals surface area (Å²) >= 11 is 6.69. The van der Waals surface area contributed by atoms with Crippen molar-refractivity contribution in [2.75, 3.05) is 14.2 Å². The van der Waals surface area contributed by atoms with Crippen molar-refractivity contribution in [3.05, 3.63) is 74.2 Å². The van der Waals surface area contributed by atoms with Crippen LogP contribution in [0.1, 0.15) is 29.2 Å². The van der Waals surface area contributed by atoms with Crippen LogP contribution in [-0.4, -0.2) is 31.6 Å². The summed E-state index contributed by atoms with van der Waals surface area (Å²) in [4.78, 5) is 22.3. The fraction of sp³-hybridized carbons (Fsp3) is 0.190. The monoisotopic (exact) mass is 522 g/mol. The molecular formula is C21H20Br2N2O4. The average Bonchev–Trinajstić information content (AvgIpc) is 2.72. The zero-order chi connectivity index (χ0) is 21.2. The topological polar surface area (TPSA) is 69.5 Å². The van der Waals surface area contributed by atoms with Crippen LogP contribution < -0.4 is 0 Å². The number of carbonyl (C=O) groups is 1. The van der Waals surface area contributed by atoms with Crippen LogP contribution in [0.4, 0.5) is 0 Å². The molecule has 0 unspecified atom stereocenters. The molecule has 0 saturated heterocycles. The average molecular weight is 524 g/mol. The van der Waals surface area contributed by atoms with E-state index in [-0.39, 0.29) is 12.3 Å². The minimum Gasteiger partial charge on any atom is -0.464 e. The van der Waals surface area contributed by atoms with Gasteiger partial charge in [-0.3, -0.25) is 0 Å². The number of oxime groups is 2. The first-order chi connectivity index (χ1) is 14.0. The number of hydrogen-bond donors (Lipinski definition) is 0. The maximum Gasteiger partial charge on any atom is 0.360 e. The lowest BCUT2D eigenvalue weighted by Crippen LogP contribution is -2.19. The molecule has 2 rings (SSSR count). The second-order valence-corrected chi connectivity index (χ2v) is 8.55. The van der Waals surface area contributed by atoms with Crippen molar-refractivity contribution in [2.24, 2.45) is 10.3 Å². The van der Waals surface area contributed by atoms with Crippen LogP contribution in [0.25, 0.3) is 6.08 Å². The first-order valence-corrected chi connectivity index (χ1v) is 10.1. The van der Waals surface area contributed by atoms with Gasteiger partial charge in [-0.05, 0) is 56.0 Å². The Kier molecular flexibility index (Phi) is 9.08. The van der Waals surface area contributed by atoms with E-state index in [4.69, 9.17) is 14.4 Å². The van der Waals surface area contributed by atoms with Gasteiger partial charge >= 0.3 is 5.97 Å². The van der Waals surface area contributed by atoms with Crippen molar-refractivity contribution >= 4 is 55.3 Å². The van der Waals surface area contributed by atoms with E-state index in [0.717, 1.165) is 25.8 Å². The number of nitrogens with zero attached hydrogens (tertiary/aromatic N) is 2. The highest BCUT2D eigenvalue weighted by Gasteiger charge is 2.19. The smallest absolute Gasteiger partial charge is 0.360 e. The standard InChI is InChI=1S/C21H20Br2N2O4/c1-14(16-10-8-15(9-11-16)12-19(22)23)24-29-13-17-6-4-5-7-18(17)20(25-28-3)21(26)27-2/h4-12H,13H2,1-3H3/b24-14?,25-20+. The second kappa shape index (κ2) is 11.5. The Bertz CT molecular complexity index is 934. The minimum atomic E-state index is -0.594. The molecular weight excluding hydrogens is 504 g/mol. The Balaban J connectivity index is 2.15. The fourth-order valence-electron chi connectivity index (χ4n) is 2.46. The molecule has 0 N–H and O–H groups in total. The van der Waals surface area contributed by atoms with E-state index in [2.05, 4.69) is 42.2 Å². The summed E-state index contributed by atoms with van der Waals surface area (Å²) in [7, 11) is 2.66. The van der Waals surface area contributed by atoms with Crippen LogP contribution >= 0.6 is 31.9 Å². The zero-order valence-corrected chi connectivity index (χ0v) is 19.4. The lowest BCUT2D eigenvalue weighted by atomic mass is 10.0. The summed E-state index contributed by atoms with van der Waals surface area (Å²) in [5, 5.41) is 7.97. The first kappa shape index (κ1) is 22.8. The van der Waals surface area contributed by atoms with Gasteiger partial charge in [-0.1, -0.05) is 58.8 Å². The Labute approximate surface area is 186 Å². The van der Waals surface area contributed by atoms with E-state index in [1.54, 1.807) is 12.1 Å². The van der Waals surface area contributed by atoms with Crippen molar-refractivity contribution < 1.29 is 19.2 Å². The van der Waals surface area contributed by atoms with Gasteiger partial charge < -0.3 is 14.4 Å². The highest BCUT2D eigenvalue weighted by Crippen LogP contribution is 2.19. The number of hydrogen-bond acceptors (Lipinski definition) is 6. The summed E-state index contributed by atoms with van der Waals surface area (Å²) in [6, 6.07) is 15.1. The van der Waals surface area contributed by atoms with Crippen molar-refractivity contribution in [2.45, 2.75) is 13.5 Å². The van der Waals surface area contributed by atoms with Gasteiger partial charge in [-0.15, -0.1) is 0 Å². The first-order valence-electron chi connectivity index (χ1n) is 8.53. The molecule has 0 heterocycles.